The minimum atomic E-state index is -0.305. The van der Waals surface area contributed by atoms with Crippen LogP contribution in [0.1, 0.15) is 21.5 Å². The van der Waals surface area contributed by atoms with E-state index >= 15 is 0 Å². The Labute approximate surface area is 164 Å². The van der Waals surface area contributed by atoms with Crippen LogP contribution in [0.25, 0.3) is 0 Å². The monoisotopic (exact) mass is 384 g/mol. The van der Waals surface area contributed by atoms with Crippen LogP contribution < -0.4 is 4.74 Å². The Morgan fingerprint density at radius 3 is 2.32 bits per heavy atom. The molecule has 1 saturated heterocycles. The van der Waals surface area contributed by atoms with Crippen molar-refractivity contribution in [2.45, 2.75) is 13.3 Å². The summed E-state index contributed by atoms with van der Waals surface area (Å²) in [6, 6.07) is 11.9. The van der Waals surface area contributed by atoms with Crippen molar-refractivity contribution < 1.29 is 18.7 Å². The van der Waals surface area contributed by atoms with Crippen molar-refractivity contribution in [2.75, 3.05) is 39.8 Å². The lowest BCUT2D eigenvalue weighted by atomic mass is 10.1. The molecule has 28 heavy (non-hydrogen) atoms. The molecular weight excluding hydrogens is 359 g/mol. The van der Waals surface area contributed by atoms with Crippen molar-refractivity contribution in [3.8, 4) is 5.75 Å². The molecule has 148 valence electrons. The molecule has 0 radical (unpaired) electrons. The molecule has 0 saturated carbocycles. The van der Waals surface area contributed by atoms with E-state index in [1.165, 1.54) is 12.1 Å². The molecule has 0 N–H and O–H groups in total. The van der Waals surface area contributed by atoms with E-state index in [0.717, 1.165) is 11.3 Å². The standard InChI is InChI=1S/C22H25FN2O3/c1-16-13-18(5-8-20(16)23)21(26)15-24-9-11-25(12-10-24)22(27)14-17-3-6-19(28-2)7-4-17/h3-8,13H,9-12,14-15H2,1-2H3. The van der Waals surface area contributed by atoms with E-state index in [1.807, 2.05) is 34.1 Å². The Bertz CT molecular complexity index is 843. The summed E-state index contributed by atoms with van der Waals surface area (Å²) in [4.78, 5) is 28.8. The Morgan fingerprint density at radius 2 is 1.71 bits per heavy atom. The lowest BCUT2D eigenvalue weighted by Gasteiger charge is -2.34. The predicted octanol–water partition coefficient (Wildman–Crippen LogP) is 2.71. The van der Waals surface area contributed by atoms with E-state index in [2.05, 4.69) is 0 Å². The number of carbonyl (C=O) groups excluding carboxylic acids is 2. The van der Waals surface area contributed by atoms with Crippen molar-refractivity contribution in [1.29, 1.82) is 0 Å². The van der Waals surface area contributed by atoms with Crippen LogP contribution in [0.4, 0.5) is 4.39 Å². The molecule has 2 aromatic carbocycles. The third kappa shape index (κ3) is 4.95. The normalized spacial score (nSPS) is 14.8. The number of hydrogen-bond acceptors (Lipinski definition) is 4. The van der Waals surface area contributed by atoms with Crippen LogP contribution in [0.2, 0.25) is 0 Å². The SMILES string of the molecule is COc1ccc(CC(=O)N2CCN(CC(=O)c3ccc(F)c(C)c3)CC2)cc1. The Balaban J connectivity index is 1.48. The molecule has 3 rings (SSSR count). The molecule has 5 nitrogen and oxygen atoms in total. The van der Waals surface area contributed by atoms with Gasteiger partial charge < -0.3 is 9.64 Å². The quantitative estimate of drug-likeness (QED) is 0.719. The number of aryl methyl sites for hydroxylation is 1. The first-order valence-electron chi connectivity index (χ1n) is 9.38. The Kier molecular flexibility index (Phi) is 6.41. The van der Waals surface area contributed by atoms with Gasteiger partial charge in [0.25, 0.3) is 0 Å². The van der Waals surface area contributed by atoms with Crippen LogP contribution in [0.5, 0.6) is 5.75 Å². The zero-order valence-electron chi connectivity index (χ0n) is 16.3. The third-order valence-corrected chi connectivity index (χ3v) is 5.09. The Morgan fingerprint density at radius 1 is 1.04 bits per heavy atom. The van der Waals surface area contributed by atoms with Gasteiger partial charge in [0.05, 0.1) is 20.1 Å². The largest absolute Gasteiger partial charge is 0.497 e. The highest BCUT2D eigenvalue weighted by atomic mass is 19.1. The fourth-order valence-electron chi connectivity index (χ4n) is 3.30. The first kappa shape index (κ1) is 20.0. The number of methoxy groups -OCH3 is 1. The minimum Gasteiger partial charge on any atom is -0.497 e. The number of amides is 1. The van der Waals surface area contributed by atoms with Crippen molar-refractivity contribution in [3.05, 3.63) is 65.0 Å². The minimum absolute atomic E-state index is 0.0268. The number of nitrogens with zero attached hydrogens (tertiary/aromatic N) is 2. The van der Waals surface area contributed by atoms with Crippen LogP contribution >= 0.6 is 0 Å². The fraction of sp³-hybridized carbons (Fsp3) is 0.364. The summed E-state index contributed by atoms with van der Waals surface area (Å²) in [5, 5.41) is 0. The maximum atomic E-state index is 13.4. The smallest absolute Gasteiger partial charge is 0.227 e. The second-order valence-corrected chi connectivity index (χ2v) is 7.07. The fourth-order valence-corrected chi connectivity index (χ4v) is 3.30. The highest BCUT2D eigenvalue weighted by Gasteiger charge is 2.23. The summed E-state index contributed by atoms with van der Waals surface area (Å²) >= 11 is 0. The van der Waals surface area contributed by atoms with Gasteiger partial charge in [0.1, 0.15) is 11.6 Å². The molecule has 6 heteroatoms. The van der Waals surface area contributed by atoms with E-state index in [0.29, 0.717) is 43.7 Å². The summed E-state index contributed by atoms with van der Waals surface area (Å²) < 4.78 is 18.5. The molecule has 1 heterocycles. The molecule has 0 unspecified atom stereocenters. The van der Waals surface area contributed by atoms with Crippen molar-refractivity contribution in [3.63, 3.8) is 0 Å². The molecule has 0 bridgehead atoms. The van der Waals surface area contributed by atoms with Gasteiger partial charge in [0, 0.05) is 31.7 Å². The summed E-state index contributed by atoms with van der Waals surface area (Å²) in [7, 11) is 1.61. The Hall–Kier alpha value is -2.73. The molecule has 0 spiro atoms. The molecule has 0 aliphatic carbocycles. The maximum Gasteiger partial charge on any atom is 0.227 e. The predicted molar refractivity (Wildman–Crippen MR) is 105 cm³/mol. The molecule has 0 aromatic heterocycles. The highest BCUT2D eigenvalue weighted by Crippen LogP contribution is 2.14. The van der Waals surface area contributed by atoms with E-state index in [-0.39, 0.29) is 24.1 Å². The topological polar surface area (TPSA) is 49.9 Å². The van der Waals surface area contributed by atoms with Crippen molar-refractivity contribution in [2.24, 2.45) is 0 Å². The molecular formula is C22H25FN2O3. The van der Waals surface area contributed by atoms with E-state index in [9.17, 15) is 14.0 Å². The second kappa shape index (κ2) is 8.97. The lowest BCUT2D eigenvalue weighted by molar-refractivity contribution is -0.132. The second-order valence-electron chi connectivity index (χ2n) is 7.07. The number of ketones is 1. The maximum absolute atomic E-state index is 13.4. The number of ether oxygens (including phenoxy) is 1. The molecule has 1 aliphatic heterocycles. The van der Waals surface area contributed by atoms with Gasteiger partial charge in [-0.1, -0.05) is 12.1 Å². The molecule has 2 aromatic rings. The van der Waals surface area contributed by atoms with Crippen LogP contribution in [0.3, 0.4) is 0 Å². The lowest BCUT2D eigenvalue weighted by Crippen LogP contribution is -2.50. The molecule has 1 aliphatic rings. The van der Waals surface area contributed by atoms with Crippen LogP contribution in [-0.2, 0) is 11.2 Å². The van der Waals surface area contributed by atoms with E-state index < -0.39 is 0 Å². The van der Waals surface area contributed by atoms with E-state index in [4.69, 9.17) is 4.74 Å². The van der Waals surface area contributed by atoms with Gasteiger partial charge in [-0.25, -0.2) is 4.39 Å². The highest BCUT2D eigenvalue weighted by molar-refractivity contribution is 5.97. The van der Waals surface area contributed by atoms with Gasteiger partial charge in [0.15, 0.2) is 5.78 Å². The van der Waals surface area contributed by atoms with Gasteiger partial charge in [-0.2, -0.15) is 0 Å². The number of piperazine rings is 1. The first-order valence-corrected chi connectivity index (χ1v) is 9.38. The molecule has 0 atom stereocenters. The number of halogens is 1. The zero-order chi connectivity index (χ0) is 20.1. The zero-order valence-corrected chi connectivity index (χ0v) is 16.3. The molecule has 1 amide bonds. The van der Waals surface area contributed by atoms with Gasteiger partial charge in [-0.3, -0.25) is 14.5 Å². The van der Waals surface area contributed by atoms with Gasteiger partial charge in [-0.15, -0.1) is 0 Å². The molecule has 1 fully saturated rings. The van der Waals surface area contributed by atoms with Gasteiger partial charge in [0.2, 0.25) is 5.91 Å². The van der Waals surface area contributed by atoms with Crippen molar-refractivity contribution in [1.82, 2.24) is 9.80 Å². The average Bonchev–Trinajstić information content (AvgIpc) is 2.71. The van der Waals surface area contributed by atoms with Gasteiger partial charge in [-0.05, 0) is 48.4 Å². The number of benzene rings is 2. The van der Waals surface area contributed by atoms with Crippen LogP contribution in [0, 0.1) is 12.7 Å². The summed E-state index contributed by atoms with van der Waals surface area (Å²) in [6.07, 6.45) is 0.359. The van der Waals surface area contributed by atoms with Gasteiger partial charge >= 0.3 is 0 Å². The first-order chi connectivity index (χ1) is 13.5. The van der Waals surface area contributed by atoms with E-state index in [1.54, 1.807) is 20.1 Å². The summed E-state index contributed by atoms with van der Waals surface area (Å²) in [5.74, 6) is 0.526. The summed E-state index contributed by atoms with van der Waals surface area (Å²) in [6.45, 7) is 4.45. The van der Waals surface area contributed by atoms with Crippen molar-refractivity contribution >= 4 is 11.7 Å². The van der Waals surface area contributed by atoms with Crippen LogP contribution in [0.15, 0.2) is 42.5 Å². The van der Waals surface area contributed by atoms with Crippen LogP contribution in [-0.4, -0.2) is 61.3 Å². The summed E-state index contributed by atoms with van der Waals surface area (Å²) in [5.41, 5.74) is 1.95. The number of Topliss-reactive ketones (excluding diaryl/α,β-unsaturated/α-hetero) is 1. The number of rotatable bonds is 6. The third-order valence-electron chi connectivity index (χ3n) is 5.09. The number of hydrogen-bond donors (Lipinski definition) is 0. The average molecular weight is 384 g/mol. The number of carbonyl (C=O) groups is 2.